The Morgan fingerprint density at radius 2 is 1.87 bits per heavy atom. The number of para-hydroxylation sites is 1. The van der Waals surface area contributed by atoms with Crippen LogP contribution in [0.4, 0.5) is 0 Å². The molecule has 0 spiro atoms. The van der Waals surface area contributed by atoms with Crippen LogP contribution in [-0.2, 0) is 17.6 Å². The number of amides is 1. The molecule has 31 heavy (non-hydrogen) atoms. The molecule has 0 aliphatic rings. The fourth-order valence-electron chi connectivity index (χ4n) is 3.82. The summed E-state index contributed by atoms with van der Waals surface area (Å²) in [6.07, 6.45) is 3.24. The molecule has 6 nitrogen and oxygen atoms in total. The molecule has 0 saturated heterocycles. The summed E-state index contributed by atoms with van der Waals surface area (Å²) >= 11 is 1.28. The molecule has 4 aromatic rings. The van der Waals surface area contributed by atoms with Crippen molar-refractivity contribution >= 4 is 34.1 Å². The Hall–Kier alpha value is -3.45. The zero-order chi connectivity index (χ0) is 21.8. The summed E-state index contributed by atoms with van der Waals surface area (Å²) in [6, 6.07) is 17.7. The number of aromatic nitrogens is 2. The van der Waals surface area contributed by atoms with Gasteiger partial charge in [0, 0.05) is 35.9 Å². The molecule has 0 saturated carbocycles. The molecule has 0 radical (unpaired) electrons. The van der Waals surface area contributed by atoms with E-state index in [4.69, 9.17) is 0 Å². The topological polar surface area (TPSA) is 86.3 Å². The molecular formula is C24H23N3O3S. The van der Waals surface area contributed by atoms with Gasteiger partial charge >= 0.3 is 5.97 Å². The summed E-state index contributed by atoms with van der Waals surface area (Å²) in [4.78, 5) is 33.5. The lowest BCUT2D eigenvalue weighted by Crippen LogP contribution is -2.36. The minimum absolute atomic E-state index is 0.0122. The van der Waals surface area contributed by atoms with Gasteiger partial charge in [0.1, 0.15) is 5.01 Å². The summed E-state index contributed by atoms with van der Waals surface area (Å²) in [7, 11) is 0. The van der Waals surface area contributed by atoms with Crippen LogP contribution in [0.25, 0.3) is 10.9 Å². The second-order valence-electron chi connectivity index (χ2n) is 7.40. The van der Waals surface area contributed by atoms with E-state index in [0.29, 0.717) is 24.4 Å². The van der Waals surface area contributed by atoms with Crippen LogP contribution in [0, 0.1) is 0 Å². The van der Waals surface area contributed by atoms with E-state index in [1.807, 2.05) is 54.7 Å². The van der Waals surface area contributed by atoms with Gasteiger partial charge in [0.2, 0.25) is 5.91 Å². The van der Waals surface area contributed by atoms with Gasteiger partial charge in [-0.3, -0.25) is 4.79 Å². The fraction of sp³-hybridized carbons (Fsp3) is 0.208. The third-order valence-corrected chi connectivity index (χ3v) is 6.32. The van der Waals surface area contributed by atoms with Crippen LogP contribution >= 0.6 is 11.3 Å². The lowest BCUT2D eigenvalue weighted by Gasteiger charge is -2.30. The molecule has 0 aliphatic heterocycles. The van der Waals surface area contributed by atoms with Crippen molar-refractivity contribution in [1.29, 1.82) is 0 Å². The first kappa shape index (κ1) is 20.8. The number of hydrogen-bond donors (Lipinski definition) is 2. The SMILES string of the molecule is CC(=O)N(CCc1c[nH]c2ccccc12)C(Cc1ccccc1)c1nc(C(=O)O)cs1. The second kappa shape index (κ2) is 9.14. The number of hydrogen-bond acceptors (Lipinski definition) is 4. The van der Waals surface area contributed by atoms with Crippen molar-refractivity contribution in [2.45, 2.75) is 25.8 Å². The van der Waals surface area contributed by atoms with Crippen molar-refractivity contribution in [2.24, 2.45) is 0 Å². The number of aromatic carboxylic acids is 1. The van der Waals surface area contributed by atoms with Gasteiger partial charge in [0.25, 0.3) is 0 Å². The van der Waals surface area contributed by atoms with Crippen LogP contribution in [0.1, 0.15) is 39.6 Å². The van der Waals surface area contributed by atoms with E-state index in [-0.39, 0.29) is 17.6 Å². The number of H-pyrrole nitrogens is 1. The minimum atomic E-state index is -1.06. The van der Waals surface area contributed by atoms with E-state index in [1.165, 1.54) is 16.7 Å². The zero-order valence-corrected chi connectivity index (χ0v) is 17.9. The Kier molecular flexibility index (Phi) is 6.13. The van der Waals surface area contributed by atoms with Gasteiger partial charge < -0.3 is 15.0 Å². The van der Waals surface area contributed by atoms with Gasteiger partial charge in [-0.2, -0.15) is 0 Å². The van der Waals surface area contributed by atoms with Crippen LogP contribution in [0.2, 0.25) is 0 Å². The number of fused-ring (bicyclic) bond motifs is 1. The second-order valence-corrected chi connectivity index (χ2v) is 8.29. The third kappa shape index (κ3) is 4.67. The highest BCUT2D eigenvalue weighted by molar-refractivity contribution is 7.09. The first-order valence-corrected chi connectivity index (χ1v) is 11.0. The molecule has 158 valence electrons. The quantitative estimate of drug-likeness (QED) is 0.422. The molecule has 4 rings (SSSR count). The Balaban J connectivity index is 1.63. The summed E-state index contributed by atoms with van der Waals surface area (Å²) in [5.41, 5.74) is 3.29. The number of carbonyl (C=O) groups excluding carboxylic acids is 1. The molecular weight excluding hydrogens is 410 g/mol. The number of thiazole rings is 1. The Morgan fingerprint density at radius 3 is 2.58 bits per heavy atom. The van der Waals surface area contributed by atoms with E-state index in [9.17, 15) is 14.7 Å². The van der Waals surface area contributed by atoms with Crippen molar-refractivity contribution in [1.82, 2.24) is 14.9 Å². The number of carboxylic acids is 1. The molecule has 7 heteroatoms. The fourth-order valence-corrected chi connectivity index (χ4v) is 4.72. The summed E-state index contributed by atoms with van der Waals surface area (Å²) in [5, 5.41) is 12.6. The number of carboxylic acid groups (broad SMARTS) is 1. The number of rotatable bonds is 8. The standard InChI is InChI=1S/C24H23N3O3S/c1-16(28)27(12-11-18-14-25-20-10-6-5-9-19(18)20)22(13-17-7-3-2-4-8-17)23-26-21(15-31-23)24(29)30/h2-10,14-15,22,25H,11-13H2,1H3,(H,29,30). The Labute approximate surface area is 184 Å². The molecule has 1 amide bonds. The molecule has 2 aromatic heterocycles. The lowest BCUT2D eigenvalue weighted by molar-refractivity contribution is -0.131. The van der Waals surface area contributed by atoms with E-state index < -0.39 is 5.97 Å². The van der Waals surface area contributed by atoms with Crippen molar-refractivity contribution in [3.8, 4) is 0 Å². The number of nitrogens with zero attached hydrogens (tertiary/aromatic N) is 2. The Morgan fingerprint density at radius 1 is 1.13 bits per heavy atom. The van der Waals surface area contributed by atoms with Crippen LogP contribution < -0.4 is 0 Å². The number of aromatic amines is 1. The summed E-state index contributed by atoms with van der Waals surface area (Å²) < 4.78 is 0. The normalized spacial score (nSPS) is 12.0. The van der Waals surface area contributed by atoms with Crippen LogP contribution in [0.3, 0.4) is 0 Å². The van der Waals surface area contributed by atoms with Crippen molar-refractivity contribution < 1.29 is 14.7 Å². The molecule has 1 unspecified atom stereocenters. The number of carbonyl (C=O) groups is 2. The van der Waals surface area contributed by atoms with Crippen molar-refractivity contribution in [2.75, 3.05) is 6.54 Å². The van der Waals surface area contributed by atoms with Gasteiger partial charge in [-0.15, -0.1) is 11.3 Å². The van der Waals surface area contributed by atoms with Gasteiger partial charge in [-0.05, 0) is 30.0 Å². The van der Waals surface area contributed by atoms with Gasteiger partial charge in [0.15, 0.2) is 5.69 Å². The lowest BCUT2D eigenvalue weighted by atomic mass is 10.0. The van der Waals surface area contributed by atoms with Crippen molar-refractivity contribution in [3.05, 3.63) is 88.0 Å². The van der Waals surface area contributed by atoms with E-state index in [0.717, 1.165) is 22.0 Å². The third-order valence-electron chi connectivity index (χ3n) is 5.38. The maximum atomic E-state index is 12.7. The molecule has 0 aliphatic carbocycles. The average molecular weight is 434 g/mol. The van der Waals surface area contributed by atoms with E-state index in [2.05, 4.69) is 16.0 Å². The highest BCUT2D eigenvalue weighted by Crippen LogP contribution is 2.29. The smallest absolute Gasteiger partial charge is 0.355 e. The monoisotopic (exact) mass is 433 g/mol. The molecule has 1 atom stereocenters. The van der Waals surface area contributed by atoms with Crippen molar-refractivity contribution in [3.63, 3.8) is 0 Å². The van der Waals surface area contributed by atoms with Gasteiger partial charge in [-0.1, -0.05) is 48.5 Å². The predicted molar refractivity (Wildman–Crippen MR) is 121 cm³/mol. The summed E-state index contributed by atoms with van der Waals surface area (Å²) in [6.45, 7) is 2.07. The van der Waals surface area contributed by atoms with E-state index >= 15 is 0 Å². The maximum Gasteiger partial charge on any atom is 0.355 e. The minimum Gasteiger partial charge on any atom is -0.476 e. The largest absolute Gasteiger partial charge is 0.476 e. The van der Waals surface area contributed by atoms with E-state index in [1.54, 1.807) is 11.8 Å². The number of benzene rings is 2. The average Bonchev–Trinajstić information content (AvgIpc) is 3.41. The van der Waals surface area contributed by atoms with Gasteiger partial charge in [0.05, 0.1) is 6.04 Å². The molecule has 2 heterocycles. The first-order chi connectivity index (χ1) is 15.0. The van der Waals surface area contributed by atoms with Crippen LogP contribution in [0.5, 0.6) is 0 Å². The molecule has 0 bridgehead atoms. The highest BCUT2D eigenvalue weighted by Gasteiger charge is 2.27. The van der Waals surface area contributed by atoms with Crippen LogP contribution in [0.15, 0.2) is 66.2 Å². The first-order valence-electron chi connectivity index (χ1n) is 10.1. The Bertz CT molecular complexity index is 1200. The summed E-state index contributed by atoms with van der Waals surface area (Å²) in [5.74, 6) is -1.12. The molecule has 2 N–H and O–H groups in total. The van der Waals surface area contributed by atoms with Crippen LogP contribution in [-0.4, -0.2) is 38.4 Å². The molecule has 0 fully saturated rings. The zero-order valence-electron chi connectivity index (χ0n) is 17.1. The predicted octanol–water partition coefficient (Wildman–Crippen LogP) is 4.70. The number of nitrogens with one attached hydrogen (secondary N) is 1. The maximum absolute atomic E-state index is 12.7. The molecule has 2 aromatic carbocycles. The highest BCUT2D eigenvalue weighted by atomic mass is 32.1. The van der Waals surface area contributed by atoms with Gasteiger partial charge in [-0.25, -0.2) is 9.78 Å².